The number of halogens is 3. The summed E-state index contributed by atoms with van der Waals surface area (Å²) in [5.74, 6) is -4.31. The predicted octanol–water partition coefficient (Wildman–Crippen LogP) is 2.49. The van der Waals surface area contributed by atoms with Crippen molar-refractivity contribution in [3.63, 3.8) is 0 Å². The molecular weight excluding hydrogens is 231 g/mol. The first-order valence-corrected chi connectivity index (χ1v) is 5.68. The summed E-state index contributed by atoms with van der Waals surface area (Å²) in [6.07, 6.45) is 2.96. The molecule has 0 aliphatic carbocycles. The minimum Gasteiger partial charge on any atom is -0.505 e. The van der Waals surface area contributed by atoms with Crippen LogP contribution in [-0.4, -0.2) is 17.7 Å². The van der Waals surface area contributed by atoms with E-state index in [-0.39, 0.29) is 18.0 Å². The van der Waals surface area contributed by atoms with Crippen LogP contribution >= 0.6 is 0 Å². The minimum absolute atomic E-state index is 0.0367. The number of aromatic hydroxyl groups is 1. The molecule has 1 aromatic carbocycles. The van der Waals surface area contributed by atoms with E-state index in [0.717, 1.165) is 25.8 Å². The quantitative estimate of drug-likeness (QED) is 0.785. The second-order valence-electron chi connectivity index (χ2n) is 4.33. The maximum Gasteiger partial charge on any atom is 0.168 e. The van der Waals surface area contributed by atoms with Crippen LogP contribution in [0.5, 0.6) is 5.75 Å². The van der Waals surface area contributed by atoms with Gasteiger partial charge in [0.1, 0.15) is 0 Å². The smallest absolute Gasteiger partial charge is 0.168 e. The minimum atomic E-state index is -1.26. The monoisotopic (exact) mass is 245 g/mol. The molecule has 5 heteroatoms. The molecule has 0 amide bonds. The highest BCUT2D eigenvalue weighted by atomic mass is 19.2. The summed E-state index contributed by atoms with van der Waals surface area (Å²) in [5.41, 5.74) is -0.276. The molecule has 0 aromatic heterocycles. The molecule has 0 saturated carbocycles. The average molecular weight is 245 g/mol. The first kappa shape index (κ1) is 12.2. The number of phenols is 1. The van der Waals surface area contributed by atoms with Crippen LogP contribution in [0.3, 0.4) is 0 Å². The van der Waals surface area contributed by atoms with Crippen molar-refractivity contribution in [1.29, 1.82) is 0 Å². The highest BCUT2D eigenvalue weighted by molar-refractivity contribution is 5.36. The molecule has 17 heavy (non-hydrogen) atoms. The van der Waals surface area contributed by atoms with Crippen LogP contribution in [0.4, 0.5) is 13.2 Å². The summed E-state index contributed by atoms with van der Waals surface area (Å²) in [4.78, 5) is 0. The zero-order valence-electron chi connectivity index (χ0n) is 9.27. The summed E-state index contributed by atoms with van der Waals surface area (Å²) < 4.78 is 39.6. The van der Waals surface area contributed by atoms with Gasteiger partial charge in [-0.05, 0) is 25.8 Å². The van der Waals surface area contributed by atoms with Gasteiger partial charge in [-0.3, -0.25) is 0 Å². The van der Waals surface area contributed by atoms with E-state index >= 15 is 0 Å². The Kier molecular flexibility index (Phi) is 3.57. The van der Waals surface area contributed by atoms with Crippen LogP contribution in [0, 0.1) is 17.5 Å². The van der Waals surface area contributed by atoms with E-state index in [4.69, 9.17) is 0 Å². The summed E-state index contributed by atoms with van der Waals surface area (Å²) in [6.45, 7) is 0.810. The number of phenolic OH excluding ortho intramolecular Hbond substituents is 1. The maximum atomic E-state index is 13.5. The summed E-state index contributed by atoms with van der Waals surface area (Å²) in [5, 5.41) is 12.6. The zero-order chi connectivity index (χ0) is 12.4. The zero-order valence-corrected chi connectivity index (χ0v) is 9.27. The van der Waals surface area contributed by atoms with Crippen molar-refractivity contribution < 1.29 is 18.3 Å². The average Bonchev–Trinajstić information content (AvgIpc) is 2.33. The molecule has 2 rings (SSSR count). The van der Waals surface area contributed by atoms with Gasteiger partial charge in [-0.1, -0.05) is 6.42 Å². The predicted molar refractivity (Wildman–Crippen MR) is 57.3 cm³/mol. The highest BCUT2D eigenvalue weighted by Gasteiger charge is 2.22. The van der Waals surface area contributed by atoms with Gasteiger partial charge in [0.25, 0.3) is 0 Å². The summed E-state index contributed by atoms with van der Waals surface area (Å²) in [7, 11) is 0. The maximum absolute atomic E-state index is 13.5. The highest BCUT2D eigenvalue weighted by Crippen LogP contribution is 2.28. The lowest BCUT2D eigenvalue weighted by molar-refractivity contribution is 0.368. The molecule has 0 bridgehead atoms. The van der Waals surface area contributed by atoms with Gasteiger partial charge in [-0.25, -0.2) is 13.2 Å². The van der Waals surface area contributed by atoms with E-state index in [1.807, 2.05) is 0 Å². The second kappa shape index (κ2) is 4.96. The molecule has 1 heterocycles. The standard InChI is InChI=1S/C12H14F3NO/c13-9-6-10(14)12(17)8(11(9)15)5-7-3-1-2-4-16-7/h6-7,16-17H,1-5H2. The largest absolute Gasteiger partial charge is 0.505 e. The molecule has 1 unspecified atom stereocenters. The van der Waals surface area contributed by atoms with E-state index in [9.17, 15) is 18.3 Å². The number of rotatable bonds is 2. The Labute approximate surface area is 97.5 Å². The molecule has 1 fully saturated rings. The SMILES string of the molecule is Oc1c(F)cc(F)c(F)c1CC1CCCCN1. The Morgan fingerprint density at radius 2 is 2.00 bits per heavy atom. The second-order valence-corrected chi connectivity index (χ2v) is 4.33. The fourth-order valence-electron chi connectivity index (χ4n) is 2.17. The number of piperidine rings is 1. The normalized spacial score (nSPS) is 20.5. The summed E-state index contributed by atoms with van der Waals surface area (Å²) >= 11 is 0. The van der Waals surface area contributed by atoms with E-state index in [1.165, 1.54) is 0 Å². The Hall–Kier alpha value is -1.23. The van der Waals surface area contributed by atoms with Gasteiger partial charge in [0, 0.05) is 17.7 Å². The third kappa shape index (κ3) is 2.54. The van der Waals surface area contributed by atoms with Crippen molar-refractivity contribution >= 4 is 0 Å². The molecule has 0 spiro atoms. The number of nitrogens with one attached hydrogen (secondary N) is 1. The van der Waals surface area contributed by atoms with Crippen LogP contribution < -0.4 is 5.32 Å². The molecule has 1 aromatic rings. The van der Waals surface area contributed by atoms with Crippen LogP contribution in [0.15, 0.2) is 6.07 Å². The van der Waals surface area contributed by atoms with Gasteiger partial charge in [0.15, 0.2) is 23.2 Å². The van der Waals surface area contributed by atoms with Crippen molar-refractivity contribution in [3.05, 3.63) is 29.1 Å². The lowest BCUT2D eigenvalue weighted by atomic mass is 9.96. The van der Waals surface area contributed by atoms with E-state index in [0.29, 0.717) is 6.07 Å². The number of hydrogen-bond donors (Lipinski definition) is 2. The third-order valence-corrected chi connectivity index (χ3v) is 3.10. The molecule has 1 aliphatic rings. The van der Waals surface area contributed by atoms with E-state index < -0.39 is 23.2 Å². The molecule has 0 radical (unpaired) electrons. The fourth-order valence-corrected chi connectivity index (χ4v) is 2.17. The summed E-state index contributed by atoms with van der Waals surface area (Å²) in [6, 6.07) is 0.327. The molecule has 1 aliphatic heterocycles. The topological polar surface area (TPSA) is 32.3 Å². The van der Waals surface area contributed by atoms with Gasteiger partial charge in [0.05, 0.1) is 0 Å². The molecular formula is C12H14F3NO. The molecule has 94 valence electrons. The number of benzene rings is 1. The molecule has 1 saturated heterocycles. The van der Waals surface area contributed by atoms with Crippen LogP contribution in [-0.2, 0) is 6.42 Å². The van der Waals surface area contributed by atoms with Crippen molar-refractivity contribution in [2.45, 2.75) is 31.7 Å². The van der Waals surface area contributed by atoms with E-state index in [2.05, 4.69) is 5.32 Å². The Morgan fingerprint density at radius 1 is 1.24 bits per heavy atom. The first-order valence-electron chi connectivity index (χ1n) is 5.68. The van der Waals surface area contributed by atoms with Crippen LogP contribution in [0.25, 0.3) is 0 Å². The molecule has 1 atom stereocenters. The number of hydrogen-bond acceptors (Lipinski definition) is 2. The van der Waals surface area contributed by atoms with Gasteiger partial charge >= 0.3 is 0 Å². The van der Waals surface area contributed by atoms with Crippen molar-refractivity contribution in [1.82, 2.24) is 5.32 Å². The van der Waals surface area contributed by atoms with Gasteiger partial charge in [0.2, 0.25) is 0 Å². The Morgan fingerprint density at radius 3 is 2.65 bits per heavy atom. The lowest BCUT2D eigenvalue weighted by Gasteiger charge is -2.24. The van der Waals surface area contributed by atoms with E-state index in [1.54, 1.807) is 0 Å². The molecule has 2 N–H and O–H groups in total. The van der Waals surface area contributed by atoms with Gasteiger partial charge < -0.3 is 10.4 Å². The van der Waals surface area contributed by atoms with Crippen molar-refractivity contribution in [3.8, 4) is 5.75 Å². The molecule has 2 nitrogen and oxygen atoms in total. The Balaban J connectivity index is 2.24. The van der Waals surface area contributed by atoms with Gasteiger partial charge in [-0.15, -0.1) is 0 Å². The van der Waals surface area contributed by atoms with Crippen LogP contribution in [0.1, 0.15) is 24.8 Å². The Bertz CT molecular complexity index is 390. The van der Waals surface area contributed by atoms with Crippen molar-refractivity contribution in [2.75, 3.05) is 6.54 Å². The van der Waals surface area contributed by atoms with Crippen LogP contribution in [0.2, 0.25) is 0 Å². The van der Waals surface area contributed by atoms with Gasteiger partial charge in [-0.2, -0.15) is 0 Å². The first-order chi connectivity index (χ1) is 8.09. The van der Waals surface area contributed by atoms with Crippen molar-refractivity contribution in [2.24, 2.45) is 0 Å². The fraction of sp³-hybridized carbons (Fsp3) is 0.500. The third-order valence-electron chi connectivity index (χ3n) is 3.10. The lowest BCUT2D eigenvalue weighted by Crippen LogP contribution is -2.35.